The van der Waals surface area contributed by atoms with Crippen molar-refractivity contribution in [1.29, 1.82) is 0 Å². The van der Waals surface area contributed by atoms with E-state index in [0.29, 0.717) is 5.56 Å². The average Bonchev–Trinajstić information content (AvgIpc) is 2.71. The SMILES string of the molecule is CC(C)CC(NC(=O)C(Cc1ccc(O)cc1)NC(=O)C(C)N)C(=O)NC(CO)C(=O)O. The van der Waals surface area contributed by atoms with Crippen LogP contribution in [-0.4, -0.2) is 69.8 Å². The standard InChI is InChI=1S/C21H32N4O7/c1-11(2)8-15(19(29)25-17(10-26)21(31)32)24-20(30)16(23-18(28)12(3)22)9-13-4-6-14(27)7-5-13/h4-7,11-12,15-17,26-27H,8-10,22H2,1-3H3,(H,23,28)(H,24,30)(H,25,29)(H,31,32). The molecule has 8 N–H and O–H groups in total. The number of carboxylic acid groups (broad SMARTS) is 1. The molecule has 1 aromatic carbocycles. The number of benzene rings is 1. The Bertz CT molecular complexity index is 796. The van der Waals surface area contributed by atoms with Gasteiger partial charge in [-0.3, -0.25) is 14.4 Å². The van der Waals surface area contributed by atoms with Crippen LogP contribution < -0.4 is 21.7 Å². The zero-order valence-corrected chi connectivity index (χ0v) is 18.4. The van der Waals surface area contributed by atoms with E-state index in [4.69, 9.17) is 15.9 Å². The van der Waals surface area contributed by atoms with Gasteiger partial charge in [0.2, 0.25) is 17.7 Å². The van der Waals surface area contributed by atoms with Crippen LogP contribution in [0, 0.1) is 5.92 Å². The van der Waals surface area contributed by atoms with Crippen LogP contribution in [0.3, 0.4) is 0 Å². The lowest BCUT2D eigenvalue weighted by molar-refractivity contribution is -0.143. The number of amides is 3. The lowest BCUT2D eigenvalue weighted by Gasteiger charge is -2.25. The lowest BCUT2D eigenvalue weighted by Crippen LogP contribution is -2.58. The van der Waals surface area contributed by atoms with Gasteiger partial charge in [0.1, 0.15) is 23.9 Å². The minimum Gasteiger partial charge on any atom is -0.508 e. The first-order valence-electron chi connectivity index (χ1n) is 10.2. The zero-order valence-electron chi connectivity index (χ0n) is 18.4. The van der Waals surface area contributed by atoms with Crippen LogP contribution in [0.15, 0.2) is 24.3 Å². The first kappa shape index (κ1) is 26.9. The van der Waals surface area contributed by atoms with Crippen LogP contribution in [0.1, 0.15) is 32.8 Å². The van der Waals surface area contributed by atoms with Gasteiger partial charge in [-0.25, -0.2) is 4.79 Å². The molecule has 0 spiro atoms. The molecule has 1 aromatic rings. The molecule has 0 bridgehead atoms. The highest BCUT2D eigenvalue weighted by Gasteiger charge is 2.30. The van der Waals surface area contributed by atoms with Crippen molar-refractivity contribution in [3.05, 3.63) is 29.8 Å². The second-order valence-corrected chi connectivity index (χ2v) is 7.99. The van der Waals surface area contributed by atoms with Gasteiger partial charge in [0.15, 0.2) is 0 Å². The first-order chi connectivity index (χ1) is 14.9. The molecule has 11 heteroatoms. The Kier molecular flexibility index (Phi) is 10.6. The summed E-state index contributed by atoms with van der Waals surface area (Å²) in [5.74, 6) is -3.40. The van der Waals surface area contributed by atoms with Crippen molar-refractivity contribution < 1.29 is 34.5 Å². The monoisotopic (exact) mass is 452 g/mol. The number of rotatable bonds is 12. The lowest BCUT2D eigenvalue weighted by atomic mass is 10.0. The molecule has 3 amide bonds. The van der Waals surface area contributed by atoms with Gasteiger partial charge in [-0.2, -0.15) is 0 Å². The number of carbonyl (C=O) groups excluding carboxylic acids is 3. The first-order valence-corrected chi connectivity index (χ1v) is 10.2. The molecule has 0 aliphatic rings. The molecule has 32 heavy (non-hydrogen) atoms. The van der Waals surface area contributed by atoms with E-state index in [1.54, 1.807) is 12.1 Å². The molecule has 0 heterocycles. The maximum absolute atomic E-state index is 13.0. The molecular weight excluding hydrogens is 420 g/mol. The fraction of sp³-hybridized carbons (Fsp3) is 0.524. The van der Waals surface area contributed by atoms with Gasteiger partial charge >= 0.3 is 5.97 Å². The number of nitrogens with two attached hydrogens (primary N) is 1. The summed E-state index contributed by atoms with van der Waals surface area (Å²) in [6, 6.07) is 1.50. The topological polar surface area (TPSA) is 191 Å². The summed E-state index contributed by atoms with van der Waals surface area (Å²) in [6.45, 7) is 4.29. The molecule has 0 saturated carbocycles. The van der Waals surface area contributed by atoms with Gasteiger partial charge in [-0.05, 0) is 37.0 Å². The van der Waals surface area contributed by atoms with Gasteiger partial charge in [0.05, 0.1) is 12.6 Å². The molecule has 4 atom stereocenters. The highest BCUT2D eigenvalue weighted by molar-refractivity contribution is 5.94. The van der Waals surface area contributed by atoms with Crippen LogP contribution >= 0.6 is 0 Å². The second-order valence-electron chi connectivity index (χ2n) is 7.99. The van der Waals surface area contributed by atoms with E-state index < -0.39 is 54.5 Å². The Balaban J connectivity index is 3.05. The molecule has 0 radical (unpaired) electrons. The third kappa shape index (κ3) is 8.90. The summed E-state index contributed by atoms with van der Waals surface area (Å²) in [6.07, 6.45) is 0.261. The van der Waals surface area contributed by atoms with Crippen molar-refractivity contribution in [1.82, 2.24) is 16.0 Å². The Morgan fingerprint density at radius 2 is 1.38 bits per heavy atom. The number of aliphatic hydroxyl groups excluding tert-OH is 1. The van der Waals surface area contributed by atoms with E-state index in [-0.39, 0.29) is 24.5 Å². The van der Waals surface area contributed by atoms with Gasteiger partial charge in [-0.1, -0.05) is 26.0 Å². The Morgan fingerprint density at radius 1 is 0.875 bits per heavy atom. The minimum atomic E-state index is -1.51. The number of hydrogen-bond donors (Lipinski definition) is 7. The summed E-state index contributed by atoms with van der Waals surface area (Å²) >= 11 is 0. The van der Waals surface area contributed by atoms with Crippen molar-refractivity contribution in [3.8, 4) is 5.75 Å². The Morgan fingerprint density at radius 3 is 1.84 bits per heavy atom. The number of carbonyl (C=O) groups is 4. The van der Waals surface area contributed by atoms with Crippen LogP contribution in [0.4, 0.5) is 0 Å². The van der Waals surface area contributed by atoms with E-state index >= 15 is 0 Å². The molecule has 178 valence electrons. The fourth-order valence-corrected chi connectivity index (χ4v) is 2.81. The summed E-state index contributed by atoms with van der Waals surface area (Å²) in [7, 11) is 0. The van der Waals surface area contributed by atoms with Crippen molar-refractivity contribution in [3.63, 3.8) is 0 Å². The number of phenols is 1. The number of aromatic hydroxyl groups is 1. The molecule has 4 unspecified atom stereocenters. The molecule has 0 aliphatic heterocycles. The summed E-state index contributed by atoms with van der Waals surface area (Å²) in [5.41, 5.74) is 6.23. The van der Waals surface area contributed by atoms with Gasteiger partial charge in [-0.15, -0.1) is 0 Å². The molecule has 0 aromatic heterocycles. The van der Waals surface area contributed by atoms with Gasteiger partial charge in [0, 0.05) is 6.42 Å². The Hall–Kier alpha value is -3.18. The predicted octanol–water partition coefficient (Wildman–Crippen LogP) is -1.14. The normalized spacial score (nSPS) is 14.7. The Labute approximate surface area is 186 Å². The summed E-state index contributed by atoms with van der Waals surface area (Å²) < 4.78 is 0. The van der Waals surface area contributed by atoms with Crippen molar-refractivity contribution >= 4 is 23.7 Å². The van der Waals surface area contributed by atoms with E-state index in [1.807, 2.05) is 13.8 Å². The second kappa shape index (κ2) is 12.6. The quantitative estimate of drug-likeness (QED) is 0.207. The zero-order chi connectivity index (χ0) is 24.4. The largest absolute Gasteiger partial charge is 0.508 e. The van der Waals surface area contributed by atoms with Gasteiger partial charge < -0.3 is 37.0 Å². The summed E-state index contributed by atoms with van der Waals surface area (Å²) in [4.78, 5) is 48.8. The van der Waals surface area contributed by atoms with Crippen molar-refractivity contribution in [2.75, 3.05) is 6.61 Å². The van der Waals surface area contributed by atoms with Crippen LogP contribution in [0.25, 0.3) is 0 Å². The number of aliphatic carboxylic acids is 1. The van der Waals surface area contributed by atoms with Crippen LogP contribution in [0.5, 0.6) is 5.75 Å². The van der Waals surface area contributed by atoms with E-state index in [2.05, 4.69) is 16.0 Å². The molecule has 11 nitrogen and oxygen atoms in total. The third-order valence-corrected chi connectivity index (χ3v) is 4.56. The highest BCUT2D eigenvalue weighted by atomic mass is 16.4. The third-order valence-electron chi connectivity index (χ3n) is 4.56. The fourth-order valence-electron chi connectivity index (χ4n) is 2.81. The molecular formula is C21H32N4O7. The average molecular weight is 453 g/mol. The number of aliphatic hydroxyl groups is 1. The van der Waals surface area contributed by atoms with E-state index in [9.17, 15) is 24.3 Å². The van der Waals surface area contributed by atoms with Crippen molar-refractivity contribution in [2.45, 2.75) is 57.8 Å². The number of hydrogen-bond acceptors (Lipinski definition) is 7. The smallest absolute Gasteiger partial charge is 0.328 e. The van der Waals surface area contributed by atoms with E-state index in [0.717, 1.165) is 0 Å². The molecule has 0 aliphatic carbocycles. The highest BCUT2D eigenvalue weighted by Crippen LogP contribution is 2.12. The van der Waals surface area contributed by atoms with Crippen molar-refractivity contribution in [2.24, 2.45) is 11.7 Å². The molecule has 0 fully saturated rings. The maximum Gasteiger partial charge on any atom is 0.328 e. The van der Waals surface area contributed by atoms with Gasteiger partial charge in [0.25, 0.3) is 0 Å². The number of carboxylic acids is 1. The van der Waals surface area contributed by atoms with E-state index in [1.165, 1.54) is 19.1 Å². The maximum atomic E-state index is 13.0. The van der Waals surface area contributed by atoms with Crippen LogP contribution in [-0.2, 0) is 25.6 Å². The molecule has 1 rings (SSSR count). The number of phenolic OH excluding ortho intramolecular Hbond substituents is 1. The van der Waals surface area contributed by atoms with Crippen LogP contribution in [0.2, 0.25) is 0 Å². The number of nitrogens with one attached hydrogen (secondary N) is 3. The summed E-state index contributed by atoms with van der Waals surface area (Å²) in [5, 5.41) is 34.9. The minimum absolute atomic E-state index is 0.0299. The predicted molar refractivity (Wildman–Crippen MR) is 115 cm³/mol. The molecule has 0 saturated heterocycles.